The first-order valence-corrected chi connectivity index (χ1v) is 7.56. The number of carbonyl (C=O) groups is 1. The van der Waals surface area contributed by atoms with Gasteiger partial charge in [-0.25, -0.2) is 15.4 Å². The van der Waals surface area contributed by atoms with E-state index < -0.39 is 5.91 Å². The van der Waals surface area contributed by atoms with Gasteiger partial charge in [0.25, 0.3) is 5.91 Å². The molecular weight excluding hydrogens is 320 g/mol. The Balaban J connectivity index is 1.61. The van der Waals surface area contributed by atoms with Gasteiger partial charge in [-0.1, -0.05) is 24.3 Å². The van der Waals surface area contributed by atoms with Gasteiger partial charge < -0.3 is 9.73 Å². The number of nitrogens with zero attached hydrogens (tertiary/aromatic N) is 2. The summed E-state index contributed by atoms with van der Waals surface area (Å²) >= 11 is 0. The van der Waals surface area contributed by atoms with Gasteiger partial charge >= 0.3 is 0 Å². The number of hydrogen-bond acceptors (Lipinski definition) is 6. The van der Waals surface area contributed by atoms with Crippen molar-refractivity contribution < 1.29 is 14.4 Å². The predicted molar refractivity (Wildman–Crippen MR) is 92.5 cm³/mol. The first kappa shape index (κ1) is 16.4. The summed E-state index contributed by atoms with van der Waals surface area (Å²) in [7, 11) is 0. The van der Waals surface area contributed by atoms with Gasteiger partial charge in [0.05, 0.1) is 6.26 Å². The average molecular weight is 336 g/mol. The van der Waals surface area contributed by atoms with Crippen molar-refractivity contribution in [2.24, 2.45) is 0 Å². The number of hydroxylamine groups is 1. The van der Waals surface area contributed by atoms with Gasteiger partial charge in [0.15, 0.2) is 5.76 Å². The normalized spacial score (nSPS) is 10.8. The van der Waals surface area contributed by atoms with Crippen molar-refractivity contribution in [3.8, 4) is 11.5 Å². The maximum Gasteiger partial charge on any atom is 0.267 e. The molecule has 1 aromatic carbocycles. The highest BCUT2D eigenvalue weighted by Gasteiger charge is 2.04. The van der Waals surface area contributed by atoms with Crippen LogP contribution in [0.1, 0.15) is 11.1 Å². The maximum absolute atomic E-state index is 10.9. The quantitative estimate of drug-likeness (QED) is 0.363. The molecule has 7 nitrogen and oxygen atoms in total. The second kappa shape index (κ2) is 7.89. The SMILES string of the molecule is O=C(C=Cc1ccc(CNc2nccc(-c3ccco3)n2)cc1)NO. The zero-order valence-corrected chi connectivity index (χ0v) is 13.2. The molecule has 0 aliphatic carbocycles. The first-order valence-electron chi connectivity index (χ1n) is 7.56. The van der Waals surface area contributed by atoms with E-state index in [-0.39, 0.29) is 0 Å². The third-order valence-electron chi connectivity index (χ3n) is 3.40. The zero-order chi connectivity index (χ0) is 17.5. The van der Waals surface area contributed by atoms with Crippen molar-refractivity contribution in [1.82, 2.24) is 15.4 Å². The van der Waals surface area contributed by atoms with E-state index in [4.69, 9.17) is 9.62 Å². The summed E-state index contributed by atoms with van der Waals surface area (Å²) in [6, 6.07) is 13.0. The number of amides is 1. The summed E-state index contributed by atoms with van der Waals surface area (Å²) in [6.07, 6.45) is 6.14. The van der Waals surface area contributed by atoms with Crippen LogP contribution in [0.5, 0.6) is 0 Å². The van der Waals surface area contributed by atoms with Crippen LogP contribution in [-0.2, 0) is 11.3 Å². The van der Waals surface area contributed by atoms with E-state index in [1.807, 2.05) is 36.4 Å². The minimum absolute atomic E-state index is 0.512. The maximum atomic E-state index is 10.9. The molecule has 3 aromatic rings. The van der Waals surface area contributed by atoms with Crippen molar-refractivity contribution in [3.63, 3.8) is 0 Å². The molecule has 0 aliphatic rings. The highest BCUT2D eigenvalue weighted by atomic mass is 16.5. The lowest BCUT2D eigenvalue weighted by Crippen LogP contribution is -2.14. The highest BCUT2D eigenvalue weighted by molar-refractivity contribution is 5.90. The number of rotatable bonds is 6. The van der Waals surface area contributed by atoms with Crippen molar-refractivity contribution in [2.45, 2.75) is 6.54 Å². The third kappa shape index (κ3) is 4.52. The Bertz CT molecular complexity index is 858. The Morgan fingerprint density at radius 3 is 2.76 bits per heavy atom. The van der Waals surface area contributed by atoms with Gasteiger partial charge in [-0.2, -0.15) is 0 Å². The summed E-state index contributed by atoms with van der Waals surface area (Å²) in [5.41, 5.74) is 4.14. The van der Waals surface area contributed by atoms with Crippen LogP contribution in [0.2, 0.25) is 0 Å². The Labute approximate surface area is 144 Å². The molecule has 0 saturated heterocycles. The average Bonchev–Trinajstić information content (AvgIpc) is 3.20. The van der Waals surface area contributed by atoms with Gasteiger partial charge in [0, 0.05) is 18.8 Å². The van der Waals surface area contributed by atoms with E-state index in [1.54, 1.807) is 30.1 Å². The van der Waals surface area contributed by atoms with Gasteiger partial charge in [-0.15, -0.1) is 0 Å². The van der Waals surface area contributed by atoms with Crippen LogP contribution in [0.15, 0.2) is 65.4 Å². The van der Waals surface area contributed by atoms with E-state index in [0.29, 0.717) is 23.9 Å². The molecule has 0 bridgehead atoms. The van der Waals surface area contributed by atoms with Crippen molar-refractivity contribution in [1.29, 1.82) is 0 Å². The summed E-state index contributed by atoms with van der Waals surface area (Å²) in [5.74, 6) is 0.630. The number of nitrogens with one attached hydrogen (secondary N) is 2. The molecule has 1 amide bonds. The molecule has 3 N–H and O–H groups in total. The van der Waals surface area contributed by atoms with Crippen LogP contribution in [-0.4, -0.2) is 21.1 Å². The molecule has 0 aliphatic heterocycles. The lowest BCUT2D eigenvalue weighted by molar-refractivity contribution is -0.124. The van der Waals surface area contributed by atoms with Crippen molar-refractivity contribution >= 4 is 17.9 Å². The van der Waals surface area contributed by atoms with Crippen LogP contribution in [0.3, 0.4) is 0 Å². The largest absolute Gasteiger partial charge is 0.463 e. The summed E-state index contributed by atoms with van der Waals surface area (Å²) in [4.78, 5) is 19.6. The standard InChI is InChI=1S/C18H16N4O3/c23-17(22-24)8-7-13-3-5-14(6-4-13)12-20-18-19-10-9-15(21-18)16-2-1-11-25-16/h1-11,24H,12H2,(H,22,23)(H,19,20,21). The molecule has 0 saturated carbocycles. The van der Waals surface area contributed by atoms with E-state index in [9.17, 15) is 4.79 Å². The molecule has 126 valence electrons. The molecular formula is C18H16N4O3. The molecule has 7 heteroatoms. The van der Waals surface area contributed by atoms with E-state index >= 15 is 0 Å². The molecule has 2 heterocycles. The Morgan fingerprint density at radius 2 is 2.04 bits per heavy atom. The van der Waals surface area contributed by atoms with Gasteiger partial charge in [0.2, 0.25) is 5.95 Å². The fourth-order valence-electron chi connectivity index (χ4n) is 2.14. The van der Waals surface area contributed by atoms with E-state index in [1.165, 1.54) is 6.08 Å². The van der Waals surface area contributed by atoms with Gasteiger partial charge in [-0.05, 0) is 35.4 Å². The molecule has 3 rings (SSSR count). The lowest BCUT2D eigenvalue weighted by atomic mass is 10.1. The highest BCUT2D eigenvalue weighted by Crippen LogP contribution is 2.18. The predicted octanol–water partition coefficient (Wildman–Crippen LogP) is 2.87. The molecule has 0 unspecified atom stereocenters. The minimum atomic E-state index is -0.570. The molecule has 0 atom stereocenters. The fourth-order valence-corrected chi connectivity index (χ4v) is 2.14. The van der Waals surface area contributed by atoms with Crippen LogP contribution in [0.25, 0.3) is 17.5 Å². The zero-order valence-electron chi connectivity index (χ0n) is 13.2. The second-order valence-electron chi connectivity index (χ2n) is 5.15. The fraction of sp³-hybridized carbons (Fsp3) is 0.0556. The molecule has 25 heavy (non-hydrogen) atoms. The van der Waals surface area contributed by atoms with Gasteiger partial charge in [0.1, 0.15) is 5.69 Å². The van der Waals surface area contributed by atoms with Crippen LogP contribution >= 0.6 is 0 Å². The second-order valence-corrected chi connectivity index (χ2v) is 5.15. The summed E-state index contributed by atoms with van der Waals surface area (Å²) < 4.78 is 5.33. The van der Waals surface area contributed by atoms with E-state index in [2.05, 4.69) is 15.3 Å². The van der Waals surface area contributed by atoms with Crippen LogP contribution in [0.4, 0.5) is 5.95 Å². The molecule has 2 aromatic heterocycles. The topological polar surface area (TPSA) is 100 Å². The smallest absolute Gasteiger partial charge is 0.267 e. The number of aromatic nitrogens is 2. The monoisotopic (exact) mass is 336 g/mol. The third-order valence-corrected chi connectivity index (χ3v) is 3.40. The number of hydrogen-bond donors (Lipinski definition) is 3. The molecule has 0 fully saturated rings. The Hall–Kier alpha value is -3.45. The van der Waals surface area contributed by atoms with Gasteiger partial charge in [-0.3, -0.25) is 10.0 Å². The number of anilines is 1. The minimum Gasteiger partial charge on any atom is -0.463 e. The Kier molecular flexibility index (Phi) is 5.18. The number of carbonyl (C=O) groups excluding carboxylic acids is 1. The van der Waals surface area contributed by atoms with Crippen molar-refractivity contribution in [2.75, 3.05) is 5.32 Å². The lowest BCUT2D eigenvalue weighted by Gasteiger charge is -2.06. The number of furan rings is 1. The van der Waals surface area contributed by atoms with Crippen LogP contribution in [0, 0.1) is 0 Å². The number of benzene rings is 1. The molecule has 0 radical (unpaired) electrons. The molecule has 0 spiro atoms. The summed E-state index contributed by atoms with van der Waals surface area (Å²) in [6.45, 7) is 0.558. The Morgan fingerprint density at radius 1 is 1.20 bits per heavy atom. The van der Waals surface area contributed by atoms with Crippen LogP contribution < -0.4 is 10.8 Å². The van der Waals surface area contributed by atoms with E-state index in [0.717, 1.165) is 11.1 Å². The van der Waals surface area contributed by atoms with Crippen molar-refractivity contribution in [3.05, 3.63) is 72.1 Å². The summed E-state index contributed by atoms with van der Waals surface area (Å²) in [5, 5.41) is 11.6. The first-order chi connectivity index (χ1) is 12.2.